The number of hydrogen-bond acceptors (Lipinski definition) is 0. The second-order valence-electron chi connectivity index (χ2n) is 5.46. The fourth-order valence-corrected chi connectivity index (χ4v) is 2.33. The first-order chi connectivity index (χ1) is 6.92. The van der Waals surface area contributed by atoms with E-state index in [4.69, 9.17) is 0 Å². The number of aryl methyl sites for hydroxylation is 2. The summed E-state index contributed by atoms with van der Waals surface area (Å²) in [7, 11) is 0. The molecule has 0 fully saturated rings. The van der Waals surface area contributed by atoms with Crippen molar-refractivity contribution in [2.24, 2.45) is 0 Å². The molecule has 0 saturated carbocycles. The fraction of sp³-hybridized carbons (Fsp3) is 0.467. The molecule has 0 nitrogen and oxygen atoms in total. The van der Waals surface area contributed by atoms with E-state index in [1.807, 2.05) is 0 Å². The van der Waals surface area contributed by atoms with Crippen LogP contribution in [0, 0.1) is 13.8 Å². The van der Waals surface area contributed by atoms with E-state index >= 15 is 0 Å². The van der Waals surface area contributed by atoms with Gasteiger partial charge in [-0.2, -0.15) is 0 Å². The maximum Gasteiger partial charge on any atom is -0.00628 e. The van der Waals surface area contributed by atoms with Crippen LogP contribution in [-0.4, -0.2) is 0 Å². The van der Waals surface area contributed by atoms with Crippen molar-refractivity contribution in [1.29, 1.82) is 0 Å². The average Bonchev–Trinajstić information content (AvgIpc) is 2.16. The molecule has 0 saturated heterocycles. The van der Waals surface area contributed by atoms with E-state index in [-0.39, 0.29) is 0 Å². The minimum Gasteiger partial charge on any atom is -0.0801 e. The van der Waals surface area contributed by atoms with Crippen LogP contribution in [-0.2, 0) is 5.41 Å². The lowest BCUT2D eigenvalue weighted by Gasteiger charge is -2.32. The zero-order chi connectivity index (χ0) is 11.2. The summed E-state index contributed by atoms with van der Waals surface area (Å²) < 4.78 is 0. The summed E-state index contributed by atoms with van der Waals surface area (Å²) in [5.74, 6) is 0. The standard InChI is InChI=1S/C15H20/c1-10-6-7-15(4,5)14-9-12(3)11(2)8-13(10)14/h6,8-9H,7H2,1-5H3. The Morgan fingerprint density at radius 2 is 1.60 bits per heavy atom. The second-order valence-corrected chi connectivity index (χ2v) is 5.46. The Morgan fingerprint density at radius 3 is 2.27 bits per heavy atom. The number of allylic oxidation sites excluding steroid dienone is 2. The van der Waals surface area contributed by atoms with E-state index < -0.39 is 0 Å². The first kappa shape index (κ1) is 10.5. The van der Waals surface area contributed by atoms with Gasteiger partial charge in [-0.1, -0.05) is 32.1 Å². The van der Waals surface area contributed by atoms with Crippen molar-refractivity contribution >= 4 is 5.57 Å². The maximum absolute atomic E-state index is 2.38. The van der Waals surface area contributed by atoms with Crippen LogP contribution < -0.4 is 0 Å². The Morgan fingerprint density at radius 1 is 1.00 bits per heavy atom. The van der Waals surface area contributed by atoms with Crippen molar-refractivity contribution < 1.29 is 0 Å². The van der Waals surface area contributed by atoms with Gasteiger partial charge >= 0.3 is 0 Å². The fourth-order valence-electron chi connectivity index (χ4n) is 2.33. The number of fused-ring (bicyclic) bond motifs is 1. The maximum atomic E-state index is 2.38. The smallest absolute Gasteiger partial charge is 0.00628 e. The van der Waals surface area contributed by atoms with E-state index in [2.05, 4.69) is 52.8 Å². The molecule has 15 heavy (non-hydrogen) atoms. The van der Waals surface area contributed by atoms with Crippen LogP contribution >= 0.6 is 0 Å². The molecule has 2 rings (SSSR count). The summed E-state index contributed by atoms with van der Waals surface area (Å²) in [5, 5.41) is 0. The van der Waals surface area contributed by atoms with E-state index in [1.54, 1.807) is 0 Å². The van der Waals surface area contributed by atoms with Crippen molar-refractivity contribution in [1.82, 2.24) is 0 Å². The highest BCUT2D eigenvalue weighted by Gasteiger charge is 2.26. The highest BCUT2D eigenvalue weighted by molar-refractivity contribution is 5.71. The average molecular weight is 200 g/mol. The lowest BCUT2D eigenvalue weighted by molar-refractivity contribution is 0.526. The molecule has 0 aromatic heterocycles. The summed E-state index contributed by atoms with van der Waals surface area (Å²) in [4.78, 5) is 0. The molecule has 0 bridgehead atoms. The molecule has 0 spiro atoms. The van der Waals surface area contributed by atoms with Gasteiger partial charge in [0.25, 0.3) is 0 Å². The summed E-state index contributed by atoms with van der Waals surface area (Å²) in [6.45, 7) is 11.3. The Kier molecular flexibility index (Phi) is 2.26. The lowest BCUT2D eigenvalue weighted by atomic mass is 9.72. The summed E-state index contributed by atoms with van der Waals surface area (Å²) in [5.41, 5.74) is 7.52. The molecular weight excluding hydrogens is 180 g/mol. The minimum absolute atomic E-state index is 0.299. The van der Waals surface area contributed by atoms with Crippen molar-refractivity contribution in [3.05, 3.63) is 40.5 Å². The third kappa shape index (κ3) is 1.62. The van der Waals surface area contributed by atoms with E-state index in [0.29, 0.717) is 5.41 Å². The Hall–Kier alpha value is -1.04. The molecule has 1 aromatic rings. The van der Waals surface area contributed by atoms with Crippen LogP contribution in [0.5, 0.6) is 0 Å². The van der Waals surface area contributed by atoms with Crippen LogP contribution in [0.25, 0.3) is 5.57 Å². The molecule has 0 heterocycles. The molecule has 0 unspecified atom stereocenters. The van der Waals surface area contributed by atoms with Gasteiger partial charge < -0.3 is 0 Å². The monoisotopic (exact) mass is 200 g/mol. The topological polar surface area (TPSA) is 0 Å². The van der Waals surface area contributed by atoms with E-state index in [0.717, 1.165) is 6.42 Å². The van der Waals surface area contributed by atoms with Gasteiger partial charge in [-0.15, -0.1) is 0 Å². The number of rotatable bonds is 0. The highest BCUT2D eigenvalue weighted by Crippen LogP contribution is 2.39. The third-order valence-electron chi connectivity index (χ3n) is 3.71. The van der Waals surface area contributed by atoms with Crippen LogP contribution in [0.4, 0.5) is 0 Å². The van der Waals surface area contributed by atoms with Gasteiger partial charge in [-0.25, -0.2) is 0 Å². The van der Waals surface area contributed by atoms with Gasteiger partial charge in [0.15, 0.2) is 0 Å². The van der Waals surface area contributed by atoms with Crippen LogP contribution in [0.1, 0.15) is 49.4 Å². The van der Waals surface area contributed by atoms with Gasteiger partial charge in [-0.05, 0) is 60.4 Å². The van der Waals surface area contributed by atoms with Gasteiger partial charge in [-0.3, -0.25) is 0 Å². The molecule has 1 aromatic carbocycles. The SMILES string of the molecule is CC1=CCC(C)(C)c2cc(C)c(C)cc21. The van der Waals surface area contributed by atoms with Crippen molar-refractivity contribution in [2.75, 3.05) is 0 Å². The largest absolute Gasteiger partial charge is 0.0801 e. The summed E-state index contributed by atoms with van der Waals surface area (Å²) >= 11 is 0. The van der Waals surface area contributed by atoms with Gasteiger partial charge in [0, 0.05) is 0 Å². The normalized spacial score (nSPS) is 18.3. The summed E-state index contributed by atoms with van der Waals surface area (Å²) in [6, 6.07) is 4.72. The minimum atomic E-state index is 0.299. The zero-order valence-electron chi connectivity index (χ0n) is 10.4. The molecular formula is C15H20. The molecule has 0 atom stereocenters. The molecule has 0 N–H and O–H groups in total. The van der Waals surface area contributed by atoms with Crippen molar-refractivity contribution in [3.8, 4) is 0 Å². The third-order valence-corrected chi connectivity index (χ3v) is 3.71. The first-order valence-electron chi connectivity index (χ1n) is 5.71. The predicted molar refractivity (Wildman–Crippen MR) is 67.2 cm³/mol. The number of benzene rings is 1. The first-order valence-corrected chi connectivity index (χ1v) is 5.71. The van der Waals surface area contributed by atoms with Crippen molar-refractivity contribution in [3.63, 3.8) is 0 Å². The molecule has 0 amide bonds. The zero-order valence-corrected chi connectivity index (χ0v) is 10.4. The highest BCUT2D eigenvalue weighted by atomic mass is 14.3. The van der Waals surface area contributed by atoms with Gasteiger partial charge in [0.05, 0.1) is 0 Å². The summed E-state index contributed by atoms with van der Waals surface area (Å²) in [6.07, 6.45) is 3.53. The molecule has 1 aliphatic carbocycles. The second kappa shape index (κ2) is 3.23. The molecule has 0 radical (unpaired) electrons. The quantitative estimate of drug-likeness (QED) is 0.582. The van der Waals surface area contributed by atoms with Crippen molar-refractivity contribution in [2.45, 2.75) is 46.5 Å². The Bertz CT molecular complexity index is 434. The van der Waals surface area contributed by atoms with E-state index in [9.17, 15) is 0 Å². The molecule has 0 aliphatic heterocycles. The van der Waals surface area contributed by atoms with Gasteiger partial charge in [0.1, 0.15) is 0 Å². The Labute approximate surface area is 93.0 Å². The van der Waals surface area contributed by atoms with Crippen LogP contribution in [0.3, 0.4) is 0 Å². The number of hydrogen-bond donors (Lipinski definition) is 0. The Balaban J connectivity index is 2.71. The molecule has 0 heteroatoms. The van der Waals surface area contributed by atoms with Gasteiger partial charge in [0.2, 0.25) is 0 Å². The predicted octanol–water partition coefficient (Wildman–Crippen LogP) is 4.39. The lowest BCUT2D eigenvalue weighted by Crippen LogP contribution is -2.21. The van der Waals surface area contributed by atoms with Crippen LogP contribution in [0.2, 0.25) is 0 Å². The molecule has 1 aliphatic rings. The van der Waals surface area contributed by atoms with E-state index in [1.165, 1.54) is 27.8 Å². The van der Waals surface area contributed by atoms with Crippen LogP contribution in [0.15, 0.2) is 18.2 Å². The molecule has 80 valence electrons.